The normalized spacial score (nSPS) is 27.6. The molecule has 1 aromatic rings. The van der Waals surface area contributed by atoms with Crippen LogP contribution in [0.2, 0.25) is 0 Å². The lowest BCUT2D eigenvalue weighted by Crippen LogP contribution is -2.59. The Labute approximate surface area is 709 Å². The number of benzene rings is 1. The van der Waals surface area contributed by atoms with E-state index in [4.69, 9.17) is 42.6 Å². The molecule has 0 spiro atoms. The maximum Gasteiger partial charge on any atom is 0.305 e. The smallest absolute Gasteiger partial charge is 0.305 e. The maximum absolute atomic E-state index is 14.7. The molecule has 0 saturated carbocycles. The number of hydrogen-bond donors (Lipinski definition) is 26. The van der Waals surface area contributed by atoms with E-state index in [0.29, 0.717) is 51.5 Å². The number of carbonyl (C=O) groups excluding carboxylic acids is 9. The largest absolute Gasteiger partial charge is 0.756 e. The average molecular weight is 1810 g/mol. The lowest BCUT2D eigenvalue weighted by atomic mass is 9.99. The minimum Gasteiger partial charge on any atom is -0.756 e. The van der Waals surface area contributed by atoms with Crippen molar-refractivity contribution in [2.24, 2.45) is 0 Å². The zero-order valence-electron chi connectivity index (χ0n) is 67.5. The molecule has 24 atom stereocenters. The Morgan fingerprint density at radius 2 is 0.756 bits per heavy atom. The van der Waals surface area contributed by atoms with Gasteiger partial charge >= 0.3 is 5.97 Å². The van der Waals surface area contributed by atoms with Crippen LogP contribution in [-0.4, -0.2) is 411 Å². The van der Waals surface area contributed by atoms with E-state index in [1.807, 2.05) is 0 Å². The Bertz CT molecular complexity index is 3310. The number of unbranched alkanes of at least 4 members (excludes halogenated alkanes) is 5. The van der Waals surface area contributed by atoms with Crippen LogP contribution in [-0.2, 0) is 89.9 Å². The van der Waals surface area contributed by atoms with Crippen molar-refractivity contribution in [3.8, 4) is 5.75 Å². The quantitative estimate of drug-likeness (QED) is 0.0213. The molecule has 0 radical (unpaired) electrons. The molecule has 1 aromatic carbocycles. The van der Waals surface area contributed by atoms with Gasteiger partial charge in [0.15, 0.2) is 25.2 Å². The third kappa shape index (κ3) is 36.8. The fourth-order valence-corrected chi connectivity index (χ4v) is 13.9. The minimum atomic E-state index is -4.31. The fourth-order valence-electron chi connectivity index (χ4n) is 12.4. The van der Waals surface area contributed by atoms with Gasteiger partial charge in [0.05, 0.1) is 77.7 Å². The van der Waals surface area contributed by atoms with Crippen molar-refractivity contribution in [1.82, 2.24) is 47.9 Å². The molecule has 26 N–H and O–H groups in total. The van der Waals surface area contributed by atoms with Crippen LogP contribution in [0, 0.1) is 0 Å². The summed E-state index contributed by atoms with van der Waals surface area (Å²) in [4.78, 5) is 146. The molecule has 704 valence electrons. The number of ether oxygens (including phenoxy) is 9. The first-order valence-electron chi connectivity index (χ1n) is 39.9. The fraction of sp³-hybridized carbons (Fsp3) is 0.778. The number of hydrogen-bond acceptors (Lipinski definition) is 40. The molecule has 4 fully saturated rings. The van der Waals surface area contributed by atoms with Crippen LogP contribution in [0.25, 0.3) is 0 Å². The van der Waals surface area contributed by atoms with Crippen molar-refractivity contribution in [2.45, 2.75) is 230 Å². The van der Waals surface area contributed by atoms with Gasteiger partial charge in [0, 0.05) is 88.9 Å². The van der Waals surface area contributed by atoms with E-state index in [2.05, 4.69) is 56.9 Å². The van der Waals surface area contributed by atoms with Gasteiger partial charge < -0.3 is 191 Å². The van der Waals surface area contributed by atoms with Gasteiger partial charge in [0.1, 0.15) is 122 Å². The summed E-state index contributed by atoms with van der Waals surface area (Å²) in [5, 5.41) is 193. The topological polar surface area (TPSA) is 765 Å². The highest BCUT2D eigenvalue weighted by molar-refractivity contribution is 8.00. The summed E-state index contributed by atoms with van der Waals surface area (Å²) < 4.78 is 69.3. The van der Waals surface area contributed by atoms with Crippen LogP contribution in [0.5, 0.6) is 5.75 Å². The molecule has 4 aliphatic heterocycles. The van der Waals surface area contributed by atoms with Crippen LogP contribution in [0.4, 0.5) is 0 Å². The highest BCUT2D eigenvalue weighted by atomic mass is 32.2. The van der Waals surface area contributed by atoms with Crippen LogP contribution in [0.1, 0.15) is 111 Å². The van der Waals surface area contributed by atoms with Crippen molar-refractivity contribution >= 4 is 78.7 Å². The second-order valence-electron chi connectivity index (χ2n) is 28.7. The van der Waals surface area contributed by atoms with E-state index in [-0.39, 0.29) is 82.9 Å². The van der Waals surface area contributed by atoms with Crippen molar-refractivity contribution in [3.05, 3.63) is 29.3 Å². The SMILES string of the molecule is COP(=O)([O-])OCCCCCCNC(=O)CCSC(CC(=O)O)C(=O)NCCCCCC(=O)NCCOc1cc(C(=O)NC(CCC(=O)NCCO[C@@H]2OC(CO)[C@@H](O)[C@H](O)C2O)C(=O)NCCO[C@H]2OC(CO)[C@@H](O)[C@H](O)C2O)cc(C(=O)NC(CCC(=O)NCCO[C@@H]2OC(CO)[C@@H](O)[C@H](O)C2O)C(=O)NCCO[C@H]2OC(CO)[C@@H](O)[C@H](O)C2O)c1. The molecule has 0 aromatic heterocycles. The molecular weight excluding hydrogens is 1690 g/mol. The van der Waals surface area contributed by atoms with Crippen molar-refractivity contribution < 1.29 is 196 Å². The first-order valence-corrected chi connectivity index (χ1v) is 42.4. The summed E-state index contributed by atoms with van der Waals surface area (Å²) in [6, 6.07) is -0.177. The van der Waals surface area contributed by atoms with Crippen molar-refractivity contribution in [2.75, 3.05) is 125 Å². The van der Waals surface area contributed by atoms with E-state index in [0.717, 1.165) is 37.1 Å². The number of phosphoric ester groups is 1. The Kier molecular flexibility index (Phi) is 49.0. The highest BCUT2D eigenvalue weighted by Gasteiger charge is 2.48. The summed E-state index contributed by atoms with van der Waals surface area (Å²) in [5.41, 5.74) is -0.896. The highest BCUT2D eigenvalue weighted by Crippen LogP contribution is 2.37. The predicted molar refractivity (Wildman–Crippen MR) is 413 cm³/mol. The van der Waals surface area contributed by atoms with Gasteiger partial charge in [-0.05, 0) is 56.7 Å². The van der Waals surface area contributed by atoms with E-state index in [1.54, 1.807) is 0 Å². The van der Waals surface area contributed by atoms with Gasteiger partial charge in [-0.3, -0.25) is 52.5 Å². The Hall–Kier alpha value is -6.78. The minimum absolute atomic E-state index is 0.00494. The molecule has 12 unspecified atom stereocenters. The van der Waals surface area contributed by atoms with Crippen molar-refractivity contribution in [3.63, 3.8) is 0 Å². The summed E-state index contributed by atoms with van der Waals surface area (Å²) in [7, 11) is -3.32. The number of nitrogens with one attached hydrogen (secondary N) is 9. The molecule has 51 heteroatoms. The average Bonchev–Trinajstić information content (AvgIpc) is 0.827. The van der Waals surface area contributed by atoms with Crippen LogP contribution >= 0.6 is 19.6 Å². The number of thioether (sulfide) groups is 1. The van der Waals surface area contributed by atoms with E-state index >= 15 is 0 Å². The number of carboxylic acid groups (broad SMARTS) is 1. The summed E-state index contributed by atoms with van der Waals surface area (Å²) in [5.74, 6) is -8.54. The van der Waals surface area contributed by atoms with Crippen molar-refractivity contribution in [1.29, 1.82) is 0 Å². The second-order valence-corrected chi connectivity index (χ2v) is 31.5. The van der Waals surface area contributed by atoms with Crippen LogP contribution in [0.3, 0.4) is 0 Å². The zero-order chi connectivity index (χ0) is 90.9. The van der Waals surface area contributed by atoms with Crippen LogP contribution < -0.4 is 57.5 Å². The number of rotatable bonds is 58. The Balaban J connectivity index is 1.31. The molecule has 0 aliphatic carbocycles. The van der Waals surface area contributed by atoms with Gasteiger partial charge in [0.25, 0.3) is 19.6 Å². The predicted octanol–water partition coefficient (Wildman–Crippen LogP) is -11.9. The van der Waals surface area contributed by atoms with Gasteiger partial charge in [-0.1, -0.05) is 19.3 Å². The van der Waals surface area contributed by atoms with E-state index in [1.165, 1.54) is 0 Å². The number of aliphatic hydroxyl groups excluding tert-OH is 16. The van der Waals surface area contributed by atoms with Gasteiger partial charge in [-0.15, -0.1) is 11.8 Å². The van der Waals surface area contributed by atoms with Gasteiger partial charge in [-0.2, -0.15) is 0 Å². The number of phosphoric acid groups is 1. The number of amides is 9. The molecule has 5 rings (SSSR count). The first kappa shape index (κ1) is 107. The lowest BCUT2D eigenvalue weighted by Gasteiger charge is -2.39. The number of carboxylic acids is 1. The van der Waals surface area contributed by atoms with Crippen LogP contribution in [0.15, 0.2) is 18.2 Å². The summed E-state index contributed by atoms with van der Waals surface area (Å²) >= 11 is 0.994. The standard InChI is InChI=1S/C72H120N9O40PS/c1-111-122(109,110)117-22-8-3-2-6-15-73-50(89)14-28-123-46(32-51(90)91)68(108)77-16-7-4-5-9-47(86)74-17-23-112-39-30-37(64(104)80-40(66(106)78-20-26-115-71-62(102)58(98)54(94)44(35-84)120-71)10-12-48(87)75-18-24-113-69-60(100)56(96)52(92)42(33-82)118-69)29-38(31-39)65(105)81-41(67(107)79-21-27-116-72-63(103)59(99)55(95)45(36-85)121-72)11-13-49(88)76-19-25-114-70-61(101)57(97)53(93)43(34-83)119-70/h29-31,40-46,52-63,69-72,82-85,92-103H,2-28,32-36H2,1H3,(H,73,89)(H,74,86)(H,75,87)(H,76,88)(H,77,108)(H,78,106)(H,79,107)(H,80,104)(H,81,105)(H,90,91)(H,109,110)/p-1/t40?,41?,42?,43?,44?,45?,46?,52-,53-,54-,55-,56+,57+,58+,59+,60?,61?,62?,63?,69-,70-,71+,72+/m1/s1. The molecule has 4 saturated heterocycles. The molecule has 4 heterocycles. The monoisotopic (exact) mass is 1810 g/mol. The zero-order valence-corrected chi connectivity index (χ0v) is 69.2. The van der Waals surface area contributed by atoms with E-state index < -0.39 is 297 Å². The molecule has 0 bridgehead atoms. The molecule has 9 amide bonds. The summed E-state index contributed by atoms with van der Waals surface area (Å²) in [6.45, 7) is -6.50. The summed E-state index contributed by atoms with van der Waals surface area (Å²) in [6.07, 6.45) is -32.3. The van der Waals surface area contributed by atoms with Gasteiger partial charge in [-0.25, -0.2) is 0 Å². The maximum atomic E-state index is 14.7. The molecule has 4 aliphatic rings. The van der Waals surface area contributed by atoms with E-state index in [9.17, 15) is 144 Å². The second kappa shape index (κ2) is 56.4. The third-order valence-electron chi connectivity index (χ3n) is 19.4. The molecular formula is C72H119N9O40PS-. The third-order valence-corrected chi connectivity index (χ3v) is 21.6. The number of aliphatic hydroxyl groups is 16. The first-order chi connectivity index (χ1) is 58.6. The Morgan fingerprint density at radius 3 is 1.15 bits per heavy atom. The lowest BCUT2D eigenvalue weighted by molar-refractivity contribution is -0.300. The van der Waals surface area contributed by atoms with Gasteiger partial charge in [0.2, 0.25) is 41.4 Å². The number of aliphatic carboxylic acids is 1. The number of carbonyl (C=O) groups is 10. The molecule has 49 nitrogen and oxygen atoms in total. The Morgan fingerprint density at radius 1 is 0.415 bits per heavy atom. The molecule has 123 heavy (non-hydrogen) atoms.